The molecule has 1 saturated heterocycles. The summed E-state index contributed by atoms with van der Waals surface area (Å²) >= 11 is 0. The average Bonchev–Trinajstić information content (AvgIpc) is 2.56. The zero-order chi connectivity index (χ0) is 62.4. The van der Waals surface area contributed by atoms with Crippen LogP contribution in [0.1, 0.15) is 137 Å². The van der Waals surface area contributed by atoms with Crippen molar-refractivity contribution in [3.63, 3.8) is 0 Å². The molecule has 468 valence electrons. The first-order valence-electron chi connectivity index (χ1n) is 29.4. The Balaban J connectivity index is 1.39. The Labute approximate surface area is 492 Å². The SMILES string of the molecule is CCCCOC(=O)NCCN(CCCCC(P(=O)(O)O)P(=O)(O)O)CC(=O)O[C@@H]1[C@@H](C)[C@@H](O)[C@@H](C)[C@H](C)[C@H](C)[C@@H](C)/C=C/O[C@@]2(C)Oc3c(C)c(O)c4c(O)c(c5c(c4c3C2=O)NC2(CCN(CC(C)C)CC2)N=5)=NC(=O)/C(C)=C\C=C\[C@@H]1C. The molecule has 1 fully saturated rings. The van der Waals surface area contributed by atoms with Crippen LogP contribution < -0.4 is 26.1 Å². The lowest BCUT2D eigenvalue weighted by Crippen LogP contribution is -2.47. The van der Waals surface area contributed by atoms with Gasteiger partial charge >= 0.3 is 33.0 Å². The number of carbonyl (C=O) groups excluding carboxylic acids is 4. The third-order valence-corrected chi connectivity index (χ3v) is 21.2. The van der Waals surface area contributed by atoms with Crippen molar-refractivity contribution in [3.05, 3.63) is 58.0 Å². The Bertz CT molecular complexity index is 3060. The number of hydrogen-bond acceptors (Lipinski definition) is 17. The molecule has 5 heterocycles. The third-order valence-electron chi connectivity index (χ3n) is 17.4. The molecular weight excluding hydrogens is 1130 g/mol. The van der Waals surface area contributed by atoms with E-state index in [4.69, 9.17) is 23.9 Å². The number of amides is 2. The molecule has 2 amide bonds. The second kappa shape index (κ2) is 28.1. The number of unbranched alkanes of at least 4 members (excludes halogenated alkanes) is 2. The van der Waals surface area contributed by atoms with E-state index in [1.165, 1.54) is 26.2 Å². The molecule has 0 aliphatic carbocycles. The van der Waals surface area contributed by atoms with Crippen molar-refractivity contribution in [2.24, 2.45) is 51.4 Å². The number of anilines is 1. The summed E-state index contributed by atoms with van der Waals surface area (Å²) in [5, 5.41) is 40.6. The number of piperidine rings is 1. The summed E-state index contributed by atoms with van der Waals surface area (Å²) in [6.45, 7) is 24.6. The van der Waals surface area contributed by atoms with Gasteiger partial charge in [-0.3, -0.25) is 33.4 Å². The Morgan fingerprint density at radius 1 is 0.893 bits per heavy atom. The van der Waals surface area contributed by atoms with E-state index < -0.39 is 92.0 Å². The number of phenolic OH excluding ortho intramolecular Hbond substituents is 2. The number of carbonyl (C=O) groups is 4. The number of nitrogens with zero attached hydrogens (tertiary/aromatic N) is 4. The molecule has 23 nitrogen and oxygen atoms in total. The van der Waals surface area contributed by atoms with Gasteiger partial charge in [0.15, 0.2) is 11.1 Å². The van der Waals surface area contributed by atoms with Gasteiger partial charge < -0.3 is 69.4 Å². The number of allylic oxidation sites excluding steroid dienone is 3. The maximum absolute atomic E-state index is 14.9. The van der Waals surface area contributed by atoms with E-state index in [0.717, 1.165) is 13.0 Å². The molecule has 7 rings (SSSR count). The van der Waals surface area contributed by atoms with Gasteiger partial charge in [-0.25, -0.2) is 9.79 Å². The van der Waals surface area contributed by atoms with Gasteiger partial charge in [0.2, 0.25) is 0 Å². The van der Waals surface area contributed by atoms with E-state index in [1.54, 1.807) is 43.9 Å². The first-order chi connectivity index (χ1) is 39.2. The standard InChI is InChI=1S/C59H90N6O17P2/c1-13-14-29-79-57(72)60-24-28-64(25-16-15-20-43(83(73,74)75)84(76,77)78)32-42(66)81-53-35(5)18-17-19-36(6)56(71)61-49-48-47(62-59(63-48)22-26-65(27-23-59)31-33(2)3)44-45(52(49)69)51(68)41(11)54-46(44)55(70)58(12,82-54)80-30-21-34(4)37(7)38(8)39(9)50(67)40(53)10/h17-19,21,30,33-35,37-40,43,50,53,62,67-69H,13-16,20,22-29,31-32H2,1-12H3,(H,60,72)(H2,73,74,75)(H2,76,77,78)/b18-17+,30-21+,36-19-,61-49?/t34-,35-,37+,38+,39-,40-,50-,53-,58-/m0/s1. The minimum Gasteiger partial charge on any atom is -0.507 e. The van der Waals surface area contributed by atoms with Crippen molar-refractivity contribution in [2.75, 3.05) is 57.7 Å². The number of hydrogen-bond donors (Lipinski definition) is 9. The zero-order valence-corrected chi connectivity index (χ0v) is 52.5. The normalized spacial score (nSPS) is 27.4. The van der Waals surface area contributed by atoms with Crippen LogP contribution in [-0.2, 0) is 32.9 Å². The Kier molecular flexibility index (Phi) is 22.7. The van der Waals surface area contributed by atoms with E-state index in [0.29, 0.717) is 44.0 Å². The number of fused-ring (bicyclic) bond motifs is 13. The van der Waals surface area contributed by atoms with E-state index in [2.05, 4.69) is 34.4 Å². The van der Waals surface area contributed by atoms with Gasteiger partial charge in [0, 0.05) is 80.8 Å². The lowest BCUT2D eigenvalue weighted by Gasteiger charge is -2.38. The summed E-state index contributed by atoms with van der Waals surface area (Å²) in [5.41, 5.74) is -0.249. The highest BCUT2D eigenvalue weighted by molar-refractivity contribution is 7.70. The van der Waals surface area contributed by atoms with Crippen molar-refractivity contribution in [1.82, 2.24) is 15.1 Å². The smallest absolute Gasteiger partial charge is 0.407 e. The largest absolute Gasteiger partial charge is 0.507 e. The first-order valence-corrected chi connectivity index (χ1v) is 32.7. The van der Waals surface area contributed by atoms with Gasteiger partial charge in [-0.1, -0.05) is 93.4 Å². The van der Waals surface area contributed by atoms with E-state index in [1.807, 2.05) is 34.6 Å². The molecule has 84 heavy (non-hydrogen) atoms. The number of ketones is 1. The molecule has 0 radical (unpaired) electrons. The number of esters is 1. The highest BCUT2D eigenvalue weighted by atomic mass is 31.2. The van der Waals surface area contributed by atoms with Gasteiger partial charge in [0.05, 0.1) is 42.2 Å². The van der Waals surface area contributed by atoms with Crippen LogP contribution >= 0.6 is 15.2 Å². The summed E-state index contributed by atoms with van der Waals surface area (Å²) < 4.78 is 48.1. The molecule has 9 atom stereocenters. The first kappa shape index (κ1) is 67.9. The number of aromatic hydroxyl groups is 2. The van der Waals surface area contributed by atoms with Crippen LogP contribution in [0.3, 0.4) is 0 Å². The molecule has 0 aromatic heterocycles. The second-order valence-corrected chi connectivity index (χ2v) is 28.2. The van der Waals surface area contributed by atoms with Gasteiger partial charge in [-0.2, -0.15) is 0 Å². The summed E-state index contributed by atoms with van der Waals surface area (Å²) in [7, 11) is -10.3. The van der Waals surface area contributed by atoms with E-state index >= 15 is 0 Å². The minimum atomic E-state index is -5.17. The fraction of sp³-hybridized carbons (Fsp3) is 0.661. The number of Topliss-reactive ketones (excluding diaryl/α,β-unsaturated/α-hetero) is 1. The van der Waals surface area contributed by atoms with Crippen LogP contribution in [-0.4, -0.2) is 150 Å². The summed E-state index contributed by atoms with van der Waals surface area (Å²) in [6, 6.07) is 0. The van der Waals surface area contributed by atoms with Gasteiger partial charge in [-0.15, -0.1) is 0 Å². The number of nitrogens with one attached hydrogen (secondary N) is 2. The molecular formula is C59H90N6O17P2. The van der Waals surface area contributed by atoms with Crippen molar-refractivity contribution >= 4 is 55.4 Å². The second-order valence-electron chi connectivity index (χ2n) is 24.2. The number of aliphatic hydroxyl groups is 1. The molecule has 5 bridgehead atoms. The number of likely N-dealkylation sites (tertiary alicyclic amines) is 1. The molecule has 5 aliphatic heterocycles. The van der Waals surface area contributed by atoms with Crippen molar-refractivity contribution in [3.8, 4) is 17.2 Å². The van der Waals surface area contributed by atoms with Gasteiger partial charge in [-0.05, 0) is 75.3 Å². The molecule has 25 heteroatoms. The Morgan fingerprint density at radius 2 is 1.56 bits per heavy atom. The van der Waals surface area contributed by atoms with Crippen LogP contribution in [0.4, 0.5) is 10.5 Å². The third kappa shape index (κ3) is 15.9. The molecule has 1 spiro atoms. The van der Waals surface area contributed by atoms with Gasteiger partial charge in [0.25, 0.3) is 11.7 Å². The predicted molar refractivity (Wildman–Crippen MR) is 316 cm³/mol. The molecule has 2 aromatic carbocycles. The van der Waals surface area contributed by atoms with Crippen molar-refractivity contribution in [1.29, 1.82) is 0 Å². The summed E-state index contributed by atoms with van der Waals surface area (Å²) in [5.74, 6) is -6.57. The quantitative estimate of drug-likeness (QED) is 0.0306. The Morgan fingerprint density at radius 3 is 2.19 bits per heavy atom. The van der Waals surface area contributed by atoms with Crippen LogP contribution in [0.5, 0.6) is 17.2 Å². The van der Waals surface area contributed by atoms with Crippen molar-refractivity contribution < 1.29 is 82.1 Å². The lowest BCUT2D eigenvalue weighted by atomic mass is 9.72. The fourth-order valence-electron chi connectivity index (χ4n) is 11.7. The van der Waals surface area contributed by atoms with Crippen LogP contribution in [0.15, 0.2) is 46.1 Å². The molecule has 5 aliphatic rings. The highest BCUT2D eigenvalue weighted by Gasteiger charge is 2.51. The summed E-state index contributed by atoms with van der Waals surface area (Å²) in [6.07, 6.45) is 7.52. The Hall–Kier alpha value is -5.22. The van der Waals surface area contributed by atoms with Crippen LogP contribution in [0.2, 0.25) is 0 Å². The molecule has 9 N–H and O–H groups in total. The topological polar surface area (TPSA) is 336 Å². The van der Waals surface area contributed by atoms with Crippen molar-refractivity contribution in [2.45, 2.75) is 157 Å². The van der Waals surface area contributed by atoms with Crippen LogP contribution in [0, 0.1) is 48.3 Å². The maximum atomic E-state index is 14.9. The molecule has 2 aromatic rings. The minimum absolute atomic E-state index is 0.0232. The maximum Gasteiger partial charge on any atom is 0.407 e. The van der Waals surface area contributed by atoms with E-state index in [9.17, 15) is 63.2 Å². The van der Waals surface area contributed by atoms with Crippen LogP contribution in [0.25, 0.3) is 10.8 Å². The number of rotatable bonds is 18. The number of ether oxygens (including phenoxy) is 4. The van der Waals surface area contributed by atoms with Gasteiger partial charge in [0.1, 0.15) is 34.0 Å². The zero-order valence-electron chi connectivity index (χ0n) is 50.7. The number of benzene rings is 2. The number of alkyl carbamates (subject to hydrolysis) is 1. The molecule has 0 unspecified atom stereocenters. The predicted octanol–water partition coefficient (Wildman–Crippen LogP) is 7.31. The fourth-order valence-corrected chi connectivity index (χ4v) is 14.3. The monoisotopic (exact) mass is 1220 g/mol. The molecule has 0 saturated carbocycles. The average molecular weight is 1220 g/mol. The lowest BCUT2D eigenvalue weighted by molar-refractivity contribution is -0.159. The summed E-state index contributed by atoms with van der Waals surface area (Å²) in [4.78, 5) is 108. The van der Waals surface area contributed by atoms with E-state index in [-0.39, 0.29) is 119 Å². The number of phenols is 2. The number of aliphatic hydroxyl groups excluding tert-OH is 1. The highest BCUT2D eigenvalue weighted by Crippen LogP contribution is 2.61.